The highest BCUT2D eigenvalue weighted by Gasteiger charge is 2.35. The number of amides is 1. The standard InChI is InChI=1S/C26H30N6O3/c27-26(10-15-34-16-11-26)24(33)29-20-3-1-19(2-4-20)23-9-12-28-25(31-23)30-21-5-7-22(8-6-21)32-13-17-35-18-14-32/h1-9,12H,10-11,13-18,27H2,(H,29,33)(H,28,30,31). The number of anilines is 4. The van der Waals surface area contributed by atoms with Crippen molar-refractivity contribution in [2.75, 3.05) is 55.1 Å². The zero-order chi connectivity index (χ0) is 24.1. The van der Waals surface area contributed by atoms with Gasteiger partial charge in [-0.25, -0.2) is 9.97 Å². The highest BCUT2D eigenvalue weighted by molar-refractivity contribution is 5.98. The van der Waals surface area contributed by atoms with Gasteiger partial charge < -0.3 is 30.7 Å². The second-order valence-corrected chi connectivity index (χ2v) is 8.84. The first-order chi connectivity index (χ1) is 17.1. The molecule has 2 fully saturated rings. The van der Waals surface area contributed by atoms with Crippen LogP contribution in [-0.4, -0.2) is 60.9 Å². The van der Waals surface area contributed by atoms with Crippen LogP contribution in [0.3, 0.4) is 0 Å². The lowest BCUT2D eigenvalue weighted by Crippen LogP contribution is -2.54. The molecule has 0 spiro atoms. The summed E-state index contributed by atoms with van der Waals surface area (Å²) in [5, 5.41) is 6.20. The van der Waals surface area contributed by atoms with Crippen molar-refractivity contribution < 1.29 is 14.3 Å². The van der Waals surface area contributed by atoms with Crippen LogP contribution in [0.15, 0.2) is 60.8 Å². The maximum Gasteiger partial charge on any atom is 0.244 e. The quantitative estimate of drug-likeness (QED) is 0.499. The topological polar surface area (TPSA) is 115 Å². The Morgan fingerprint density at radius 2 is 1.54 bits per heavy atom. The fourth-order valence-corrected chi connectivity index (χ4v) is 4.23. The van der Waals surface area contributed by atoms with Crippen molar-refractivity contribution in [2.24, 2.45) is 5.73 Å². The first-order valence-corrected chi connectivity index (χ1v) is 11.9. The summed E-state index contributed by atoms with van der Waals surface area (Å²) in [5.74, 6) is 0.338. The van der Waals surface area contributed by atoms with E-state index in [0.717, 1.165) is 43.2 Å². The van der Waals surface area contributed by atoms with Crippen molar-refractivity contribution in [2.45, 2.75) is 18.4 Å². The molecular formula is C26H30N6O3. The number of carbonyl (C=O) groups is 1. The Bertz CT molecular complexity index is 1140. The molecule has 3 aromatic rings. The molecule has 3 heterocycles. The molecule has 2 aliphatic heterocycles. The SMILES string of the molecule is NC1(C(=O)Nc2ccc(-c3ccnc(Nc4ccc(N5CCOCC5)cc4)n3)cc2)CCOCC1. The fraction of sp³-hybridized carbons (Fsp3) is 0.346. The number of aromatic nitrogens is 2. The zero-order valence-corrected chi connectivity index (χ0v) is 19.6. The van der Waals surface area contributed by atoms with Crippen LogP contribution >= 0.6 is 0 Å². The summed E-state index contributed by atoms with van der Waals surface area (Å²) >= 11 is 0. The normalized spacial score (nSPS) is 17.6. The number of ether oxygens (including phenoxy) is 2. The number of benzene rings is 2. The minimum atomic E-state index is -0.884. The van der Waals surface area contributed by atoms with E-state index in [2.05, 4.69) is 37.6 Å². The number of hydrogen-bond acceptors (Lipinski definition) is 8. The second kappa shape index (κ2) is 10.4. The Labute approximate surface area is 204 Å². The summed E-state index contributed by atoms with van der Waals surface area (Å²) in [4.78, 5) is 24.0. The second-order valence-electron chi connectivity index (χ2n) is 8.84. The third-order valence-electron chi connectivity index (χ3n) is 6.43. The zero-order valence-electron chi connectivity index (χ0n) is 19.6. The number of nitrogens with zero attached hydrogens (tertiary/aromatic N) is 3. The number of morpholine rings is 1. The van der Waals surface area contributed by atoms with Gasteiger partial charge >= 0.3 is 0 Å². The van der Waals surface area contributed by atoms with Crippen molar-refractivity contribution in [3.05, 3.63) is 60.8 Å². The van der Waals surface area contributed by atoms with E-state index in [0.29, 0.717) is 37.7 Å². The lowest BCUT2D eigenvalue weighted by molar-refractivity contribution is -0.124. The predicted molar refractivity (Wildman–Crippen MR) is 136 cm³/mol. The Kier molecular flexibility index (Phi) is 6.89. The Morgan fingerprint density at radius 3 is 2.26 bits per heavy atom. The van der Waals surface area contributed by atoms with E-state index in [4.69, 9.17) is 15.2 Å². The van der Waals surface area contributed by atoms with Gasteiger partial charge in [0.2, 0.25) is 11.9 Å². The molecule has 0 radical (unpaired) electrons. The number of nitrogens with one attached hydrogen (secondary N) is 2. The van der Waals surface area contributed by atoms with Gasteiger partial charge in [-0.05, 0) is 55.3 Å². The summed E-state index contributed by atoms with van der Waals surface area (Å²) in [6, 6.07) is 17.7. The van der Waals surface area contributed by atoms with Gasteiger partial charge in [0.25, 0.3) is 0 Å². The van der Waals surface area contributed by atoms with Gasteiger partial charge in [0.15, 0.2) is 0 Å². The smallest absolute Gasteiger partial charge is 0.244 e. The first-order valence-electron chi connectivity index (χ1n) is 11.9. The highest BCUT2D eigenvalue weighted by atomic mass is 16.5. The summed E-state index contributed by atoms with van der Waals surface area (Å²) in [6.07, 6.45) is 2.76. The van der Waals surface area contributed by atoms with E-state index < -0.39 is 5.54 Å². The van der Waals surface area contributed by atoms with Crippen molar-refractivity contribution in [3.63, 3.8) is 0 Å². The van der Waals surface area contributed by atoms with Crippen molar-refractivity contribution in [3.8, 4) is 11.3 Å². The minimum Gasteiger partial charge on any atom is -0.381 e. The van der Waals surface area contributed by atoms with Gasteiger partial charge in [-0.3, -0.25) is 4.79 Å². The molecule has 4 N–H and O–H groups in total. The van der Waals surface area contributed by atoms with Crippen LogP contribution in [0.25, 0.3) is 11.3 Å². The summed E-state index contributed by atoms with van der Waals surface area (Å²) in [6.45, 7) is 4.34. The molecule has 0 unspecified atom stereocenters. The third-order valence-corrected chi connectivity index (χ3v) is 6.43. The molecule has 9 heteroatoms. The monoisotopic (exact) mass is 474 g/mol. The largest absolute Gasteiger partial charge is 0.381 e. The molecule has 182 valence electrons. The van der Waals surface area contributed by atoms with E-state index in [1.54, 1.807) is 6.20 Å². The van der Waals surface area contributed by atoms with E-state index in [1.807, 2.05) is 42.5 Å². The maximum absolute atomic E-state index is 12.6. The molecule has 0 bridgehead atoms. The first kappa shape index (κ1) is 23.2. The molecule has 35 heavy (non-hydrogen) atoms. The summed E-state index contributed by atoms with van der Waals surface area (Å²) in [7, 11) is 0. The lowest BCUT2D eigenvalue weighted by atomic mass is 9.90. The molecule has 2 aromatic carbocycles. The average Bonchev–Trinajstić information content (AvgIpc) is 2.91. The van der Waals surface area contributed by atoms with Crippen molar-refractivity contribution in [1.82, 2.24) is 9.97 Å². The van der Waals surface area contributed by atoms with Crippen LogP contribution in [0.2, 0.25) is 0 Å². The average molecular weight is 475 g/mol. The molecule has 2 aliphatic rings. The van der Waals surface area contributed by atoms with Gasteiger partial charge in [-0.2, -0.15) is 0 Å². The molecular weight excluding hydrogens is 444 g/mol. The molecule has 1 aromatic heterocycles. The molecule has 5 rings (SSSR count). The minimum absolute atomic E-state index is 0.179. The van der Waals surface area contributed by atoms with E-state index in [9.17, 15) is 4.79 Å². The van der Waals surface area contributed by atoms with Gasteiger partial charge in [-0.15, -0.1) is 0 Å². The molecule has 0 saturated carbocycles. The molecule has 0 atom stereocenters. The maximum atomic E-state index is 12.6. The van der Waals surface area contributed by atoms with Crippen LogP contribution in [0.4, 0.5) is 23.0 Å². The molecule has 0 aliphatic carbocycles. The van der Waals surface area contributed by atoms with Crippen molar-refractivity contribution in [1.29, 1.82) is 0 Å². The van der Waals surface area contributed by atoms with E-state index >= 15 is 0 Å². The van der Waals surface area contributed by atoms with Gasteiger partial charge in [-0.1, -0.05) is 12.1 Å². The number of carbonyl (C=O) groups excluding carboxylic acids is 1. The van der Waals surface area contributed by atoms with Gasteiger partial charge in [0.05, 0.1) is 18.9 Å². The fourth-order valence-electron chi connectivity index (χ4n) is 4.23. The van der Waals surface area contributed by atoms with Gasteiger partial charge in [0.1, 0.15) is 5.54 Å². The van der Waals surface area contributed by atoms with E-state index in [-0.39, 0.29) is 5.91 Å². The van der Waals surface area contributed by atoms with Crippen LogP contribution in [0.5, 0.6) is 0 Å². The highest BCUT2D eigenvalue weighted by Crippen LogP contribution is 2.25. The predicted octanol–water partition coefficient (Wildman–Crippen LogP) is 3.17. The van der Waals surface area contributed by atoms with Crippen LogP contribution in [-0.2, 0) is 14.3 Å². The van der Waals surface area contributed by atoms with Gasteiger partial charge in [0, 0.05) is 55.1 Å². The number of nitrogens with two attached hydrogens (primary N) is 1. The summed E-state index contributed by atoms with van der Waals surface area (Å²) in [5.41, 5.74) is 9.89. The lowest BCUT2D eigenvalue weighted by Gasteiger charge is -2.31. The summed E-state index contributed by atoms with van der Waals surface area (Å²) < 4.78 is 10.7. The van der Waals surface area contributed by atoms with Crippen LogP contribution in [0, 0.1) is 0 Å². The molecule has 1 amide bonds. The molecule has 2 saturated heterocycles. The number of rotatable bonds is 6. The van der Waals surface area contributed by atoms with E-state index in [1.165, 1.54) is 5.69 Å². The molecule has 9 nitrogen and oxygen atoms in total. The third kappa shape index (κ3) is 5.59. The number of hydrogen-bond donors (Lipinski definition) is 3. The van der Waals surface area contributed by atoms with Crippen LogP contribution < -0.4 is 21.3 Å². The van der Waals surface area contributed by atoms with Crippen molar-refractivity contribution >= 4 is 28.9 Å². The van der Waals surface area contributed by atoms with Crippen LogP contribution in [0.1, 0.15) is 12.8 Å². The Morgan fingerprint density at radius 1 is 0.886 bits per heavy atom. The Hall–Kier alpha value is -3.53. The Balaban J connectivity index is 1.22.